The molecule has 104 valence electrons. The average molecular weight is 264 g/mol. The maximum atomic E-state index is 13.2. The molecule has 2 rings (SSSR count). The Morgan fingerprint density at radius 2 is 1.84 bits per heavy atom. The summed E-state index contributed by atoms with van der Waals surface area (Å²) in [5, 5.41) is 9.02. The molecular formula is C16H21FO2. The number of benzene rings is 1. The van der Waals surface area contributed by atoms with Gasteiger partial charge in [-0.05, 0) is 29.4 Å². The van der Waals surface area contributed by atoms with E-state index in [4.69, 9.17) is 5.11 Å². The summed E-state index contributed by atoms with van der Waals surface area (Å²) in [6.07, 6.45) is -0.188. The minimum atomic E-state index is -0.860. The maximum absolute atomic E-state index is 13.2. The fourth-order valence-electron chi connectivity index (χ4n) is 2.88. The van der Waals surface area contributed by atoms with Gasteiger partial charge in [0.25, 0.3) is 0 Å². The fourth-order valence-corrected chi connectivity index (χ4v) is 2.88. The van der Waals surface area contributed by atoms with Gasteiger partial charge in [-0.15, -0.1) is 0 Å². The molecule has 0 heterocycles. The van der Waals surface area contributed by atoms with Crippen molar-refractivity contribution in [3.63, 3.8) is 0 Å². The van der Waals surface area contributed by atoms with Crippen molar-refractivity contribution in [1.82, 2.24) is 0 Å². The Labute approximate surface area is 113 Å². The van der Waals surface area contributed by atoms with Gasteiger partial charge < -0.3 is 5.11 Å². The van der Waals surface area contributed by atoms with Gasteiger partial charge in [-0.25, -0.2) is 4.39 Å². The molecule has 19 heavy (non-hydrogen) atoms. The maximum Gasteiger partial charge on any atom is 0.304 e. The molecule has 1 aromatic carbocycles. The van der Waals surface area contributed by atoms with E-state index in [0.29, 0.717) is 12.8 Å². The Morgan fingerprint density at radius 3 is 2.21 bits per heavy atom. The molecule has 0 spiro atoms. The predicted octanol–water partition coefficient (Wildman–Crippen LogP) is 3.83. The minimum Gasteiger partial charge on any atom is -0.481 e. The van der Waals surface area contributed by atoms with Crippen LogP contribution in [0.3, 0.4) is 0 Å². The predicted molar refractivity (Wildman–Crippen MR) is 73.2 cm³/mol. The number of hydrogen-bond donors (Lipinski definition) is 1. The van der Waals surface area contributed by atoms with E-state index >= 15 is 0 Å². The molecule has 1 N–H and O–H groups in total. The Morgan fingerprint density at radius 1 is 1.32 bits per heavy atom. The van der Waals surface area contributed by atoms with E-state index in [1.807, 2.05) is 24.3 Å². The molecule has 0 aliphatic heterocycles. The Kier molecular flexibility index (Phi) is 3.41. The van der Waals surface area contributed by atoms with Crippen LogP contribution in [-0.4, -0.2) is 17.2 Å². The van der Waals surface area contributed by atoms with E-state index < -0.39 is 17.6 Å². The van der Waals surface area contributed by atoms with E-state index in [1.165, 1.54) is 5.56 Å². The summed E-state index contributed by atoms with van der Waals surface area (Å²) >= 11 is 0. The van der Waals surface area contributed by atoms with Crippen molar-refractivity contribution in [2.75, 3.05) is 0 Å². The van der Waals surface area contributed by atoms with Crippen LogP contribution in [0.15, 0.2) is 24.3 Å². The van der Waals surface area contributed by atoms with Gasteiger partial charge in [-0.3, -0.25) is 4.79 Å². The lowest BCUT2D eigenvalue weighted by atomic mass is 9.61. The van der Waals surface area contributed by atoms with Crippen molar-refractivity contribution in [2.24, 2.45) is 0 Å². The first-order valence-corrected chi connectivity index (χ1v) is 6.70. The number of aliphatic carboxylic acids is 1. The Hall–Kier alpha value is -1.38. The van der Waals surface area contributed by atoms with E-state index in [1.54, 1.807) is 0 Å². The van der Waals surface area contributed by atoms with Crippen molar-refractivity contribution < 1.29 is 14.3 Å². The molecule has 1 aliphatic rings. The van der Waals surface area contributed by atoms with Crippen LogP contribution in [0.1, 0.15) is 51.2 Å². The first-order chi connectivity index (χ1) is 8.73. The molecule has 1 fully saturated rings. The quantitative estimate of drug-likeness (QED) is 0.901. The molecule has 1 saturated carbocycles. The number of alkyl halides is 1. The van der Waals surface area contributed by atoms with E-state index in [0.717, 1.165) is 5.56 Å². The second kappa shape index (κ2) is 4.62. The van der Waals surface area contributed by atoms with Gasteiger partial charge in [0.05, 0.1) is 6.42 Å². The number of carboxylic acids is 1. The summed E-state index contributed by atoms with van der Waals surface area (Å²) in [5.74, 6) is -0.855. The Balaban J connectivity index is 2.27. The molecule has 0 atom stereocenters. The van der Waals surface area contributed by atoms with Gasteiger partial charge in [0, 0.05) is 5.41 Å². The number of hydrogen-bond acceptors (Lipinski definition) is 1. The van der Waals surface area contributed by atoms with Gasteiger partial charge in [0.1, 0.15) is 6.17 Å². The number of carboxylic acid groups (broad SMARTS) is 1. The highest BCUT2D eigenvalue weighted by atomic mass is 19.1. The van der Waals surface area contributed by atoms with Gasteiger partial charge in [-0.1, -0.05) is 45.0 Å². The molecule has 0 unspecified atom stereocenters. The third kappa shape index (κ3) is 2.80. The van der Waals surface area contributed by atoms with Crippen molar-refractivity contribution >= 4 is 5.97 Å². The second-order valence-corrected chi connectivity index (χ2v) is 6.68. The summed E-state index contributed by atoms with van der Waals surface area (Å²) in [6.45, 7) is 6.40. The number of rotatable bonds is 3. The largest absolute Gasteiger partial charge is 0.481 e. The molecule has 0 amide bonds. The van der Waals surface area contributed by atoms with Crippen molar-refractivity contribution in [1.29, 1.82) is 0 Å². The van der Waals surface area contributed by atoms with Crippen LogP contribution in [0.25, 0.3) is 0 Å². The van der Waals surface area contributed by atoms with Gasteiger partial charge in [0.2, 0.25) is 0 Å². The summed E-state index contributed by atoms with van der Waals surface area (Å²) in [6, 6.07) is 8.00. The SMILES string of the molecule is CC(C)(C)c1ccc(C2(CC(=O)O)CC(F)C2)cc1. The van der Waals surface area contributed by atoms with Crippen LogP contribution in [0, 0.1) is 0 Å². The normalized spacial score (nSPS) is 26.8. The fraction of sp³-hybridized carbons (Fsp3) is 0.562. The van der Waals surface area contributed by atoms with Crippen LogP contribution in [-0.2, 0) is 15.6 Å². The summed E-state index contributed by atoms with van der Waals surface area (Å²) in [5.41, 5.74) is 1.73. The molecule has 2 nitrogen and oxygen atoms in total. The highest BCUT2D eigenvalue weighted by Crippen LogP contribution is 2.48. The van der Waals surface area contributed by atoms with Gasteiger partial charge in [0.15, 0.2) is 0 Å². The Bertz CT molecular complexity index is 465. The molecule has 0 bridgehead atoms. The topological polar surface area (TPSA) is 37.3 Å². The first-order valence-electron chi connectivity index (χ1n) is 6.70. The van der Waals surface area contributed by atoms with Gasteiger partial charge >= 0.3 is 5.97 Å². The molecule has 1 aromatic rings. The molecule has 0 radical (unpaired) electrons. The van der Waals surface area contributed by atoms with Crippen LogP contribution in [0.5, 0.6) is 0 Å². The van der Waals surface area contributed by atoms with E-state index in [9.17, 15) is 9.18 Å². The summed E-state index contributed by atoms with van der Waals surface area (Å²) in [7, 11) is 0. The van der Waals surface area contributed by atoms with Crippen LogP contribution in [0.4, 0.5) is 4.39 Å². The lowest BCUT2D eigenvalue weighted by Crippen LogP contribution is -2.44. The second-order valence-electron chi connectivity index (χ2n) is 6.68. The molecule has 1 aliphatic carbocycles. The minimum absolute atomic E-state index is 0.0162. The number of carbonyl (C=O) groups is 1. The third-order valence-electron chi connectivity index (χ3n) is 4.08. The first kappa shape index (κ1) is 14.0. The summed E-state index contributed by atoms with van der Waals surface area (Å²) in [4.78, 5) is 11.0. The van der Waals surface area contributed by atoms with Gasteiger partial charge in [-0.2, -0.15) is 0 Å². The smallest absolute Gasteiger partial charge is 0.304 e. The highest BCUT2D eigenvalue weighted by Gasteiger charge is 2.47. The lowest BCUT2D eigenvalue weighted by Gasteiger charge is -2.44. The van der Waals surface area contributed by atoms with Crippen LogP contribution in [0.2, 0.25) is 0 Å². The van der Waals surface area contributed by atoms with Crippen LogP contribution < -0.4 is 0 Å². The number of halogens is 1. The molecule has 0 aromatic heterocycles. The van der Waals surface area contributed by atoms with Crippen molar-refractivity contribution in [3.05, 3.63) is 35.4 Å². The third-order valence-corrected chi connectivity index (χ3v) is 4.08. The van der Waals surface area contributed by atoms with Crippen molar-refractivity contribution in [3.8, 4) is 0 Å². The molecule has 3 heteroatoms. The van der Waals surface area contributed by atoms with E-state index in [-0.39, 0.29) is 11.8 Å². The summed E-state index contributed by atoms with van der Waals surface area (Å²) < 4.78 is 13.2. The zero-order valence-corrected chi connectivity index (χ0v) is 11.7. The molecular weight excluding hydrogens is 243 g/mol. The molecule has 0 saturated heterocycles. The van der Waals surface area contributed by atoms with Crippen LogP contribution >= 0.6 is 0 Å². The highest BCUT2D eigenvalue weighted by molar-refractivity contribution is 5.69. The van der Waals surface area contributed by atoms with Crippen molar-refractivity contribution in [2.45, 2.75) is 57.0 Å². The average Bonchev–Trinajstić information content (AvgIpc) is 2.25. The standard InChI is InChI=1S/C16H21FO2/c1-15(2,3)11-4-6-12(7-5-11)16(10-14(18)19)8-13(17)9-16/h4-7,13H,8-10H2,1-3H3,(H,18,19). The monoisotopic (exact) mass is 264 g/mol. The zero-order valence-electron chi connectivity index (χ0n) is 11.7. The lowest BCUT2D eigenvalue weighted by molar-refractivity contribution is -0.140. The van der Waals surface area contributed by atoms with E-state index in [2.05, 4.69) is 20.8 Å². The zero-order chi connectivity index (χ0) is 14.3.